The van der Waals surface area contributed by atoms with E-state index in [0.29, 0.717) is 13.0 Å². The van der Waals surface area contributed by atoms with Crippen LogP contribution in [0.1, 0.15) is 32.6 Å². The lowest BCUT2D eigenvalue weighted by molar-refractivity contribution is -0.144. The van der Waals surface area contributed by atoms with Crippen LogP contribution in [-0.2, 0) is 9.59 Å². The lowest BCUT2D eigenvalue weighted by Gasteiger charge is -2.16. The number of carboxylic acid groups (broad SMARTS) is 1. The number of hydrogen-bond donors (Lipinski definition) is 4. The number of aliphatic hydroxyl groups excluding tert-OH is 1. The summed E-state index contributed by atoms with van der Waals surface area (Å²) < 4.78 is 0. The molecule has 5 N–H and O–H groups in total. The third kappa shape index (κ3) is 6.36. The van der Waals surface area contributed by atoms with Crippen molar-refractivity contribution in [2.24, 2.45) is 5.73 Å². The van der Waals surface area contributed by atoms with Crippen molar-refractivity contribution in [2.45, 2.75) is 44.8 Å². The normalized spacial score (nSPS) is 14.2. The predicted octanol–water partition coefficient (Wildman–Crippen LogP) is -0.544. The number of hydrogen-bond acceptors (Lipinski definition) is 4. The third-order valence-electron chi connectivity index (χ3n) is 2.17. The number of nitrogens with two attached hydrogens (primary N) is 1. The van der Waals surface area contributed by atoms with Crippen molar-refractivity contribution in [3.8, 4) is 0 Å². The van der Waals surface area contributed by atoms with Crippen LogP contribution < -0.4 is 11.1 Å². The minimum Gasteiger partial charge on any atom is -0.480 e. The van der Waals surface area contributed by atoms with Crippen molar-refractivity contribution in [1.82, 2.24) is 5.32 Å². The average Bonchev–Trinajstić information content (AvgIpc) is 2.20. The topological polar surface area (TPSA) is 113 Å². The van der Waals surface area contributed by atoms with Crippen LogP contribution in [0.15, 0.2) is 0 Å². The minimum absolute atomic E-state index is 0.260. The predicted molar refractivity (Wildman–Crippen MR) is 58.8 cm³/mol. The summed E-state index contributed by atoms with van der Waals surface area (Å²) in [4.78, 5) is 22.0. The van der Waals surface area contributed by atoms with Gasteiger partial charge in [-0.25, -0.2) is 4.79 Å². The lowest BCUT2D eigenvalue weighted by Crippen LogP contribution is -2.47. The van der Waals surface area contributed by atoms with Gasteiger partial charge in [-0.3, -0.25) is 4.79 Å². The highest BCUT2D eigenvalue weighted by Crippen LogP contribution is 2.00. The zero-order valence-corrected chi connectivity index (χ0v) is 9.48. The van der Waals surface area contributed by atoms with Crippen LogP contribution in [0.5, 0.6) is 0 Å². The van der Waals surface area contributed by atoms with Crippen LogP contribution in [-0.4, -0.2) is 40.8 Å². The molecule has 0 saturated carbocycles. The van der Waals surface area contributed by atoms with Gasteiger partial charge in [-0.05, 0) is 26.3 Å². The molecule has 0 aromatic carbocycles. The summed E-state index contributed by atoms with van der Waals surface area (Å²) in [6.07, 6.45) is 1.53. The molecule has 0 aromatic heterocycles. The molecule has 16 heavy (non-hydrogen) atoms. The van der Waals surface area contributed by atoms with Gasteiger partial charge >= 0.3 is 5.97 Å². The fourth-order valence-corrected chi connectivity index (χ4v) is 1.24. The molecule has 0 aromatic rings. The van der Waals surface area contributed by atoms with E-state index in [0.717, 1.165) is 12.8 Å². The average molecular weight is 232 g/mol. The van der Waals surface area contributed by atoms with Crippen molar-refractivity contribution < 1.29 is 19.8 Å². The smallest absolute Gasteiger partial charge is 0.328 e. The van der Waals surface area contributed by atoms with E-state index in [1.807, 2.05) is 0 Å². The molecule has 0 saturated heterocycles. The SMILES string of the molecule is CC(O)C(NC(=O)CCCCCN)C(=O)O. The molecule has 1 amide bonds. The number of unbranched alkanes of at least 4 members (excludes halogenated alkanes) is 2. The van der Waals surface area contributed by atoms with E-state index in [1.54, 1.807) is 0 Å². The molecule has 0 bridgehead atoms. The highest BCUT2D eigenvalue weighted by molar-refractivity contribution is 5.83. The van der Waals surface area contributed by atoms with Crippen LogP contribution in [0.3, 0.4) is 0 Å². The summed E-state index contributed by atoms with van der Waals surface area (Å²) in [6.45, 7) is 1.92. The van der Waals surface area contributed by atoms with Crippen LogP contribution in [0.2, 0.25) is 0 Å². The van der Waals surface area contributed by atoms with E-state index < -0.39 is 18.1 Å². The quantitative estimate of drug-likeness (QED) is 0.420. The number of nitrogens with one attached hydrogen (secondary N) is 1. The molecule has 0 aliphatic rings. The molecule has 0 heterocycles. The molecule has 6 nitrogen and oxygen atoms in total. The molecule has 94 valence electrons. The van der Waals surface area contributed by atoms with Crippen molar-refractivity contribution in [3.63, 3.8) is 0 Å². The first-order valence-corrected chi connectivity index (χ1v) is 5.39. The fourth-order valence-electron chi connectivity index (χ4n) is 1.24. The Labute approximate surface area is 94.8 Å². The van der Waals surface area contributed by atoms with Crippen molar-refractivity contribution >= 4 is 11.9 Å². The molecule has 0 fully saturated rings. The van der Waals surface area contributed by atoms with Gasteiger partial charge in [0, 0.05) is 6.42 Å². The van der Waals surface area contributed by atoms with Gasteiger partial charge in [0.25, 0.3) is 0 Å². The lowest BCUT2D eigenvalue weighted by atomic mass is 10.1. The highest BCUT2D eigenvalue weighted by Gasteiger charge is 2.24. The van der Waals surface area contributed by atoms with Crippen molar-refractivity contribution in [1.29, 1.82) is 0 Å². The third-order valence-corrected chi connectivity index (χ3v) is 2.17. The van der Waals surface area contributed by atoms with E-state index in [9.17, 15) is 9.59 Å². The minimum atomic E-state index is -1.23. The first kappa shape index (κ1) is 14.9. The standard InChI is InChI=1S/C10H20N2O4/c1-7(13)9(10(15)16)12-8(14)5-3-2-4-6-11/h7,9,13H,2-6,11H2,1H3,(H,12,14)(H,15,16). The van der Waals surface area contributed by atoms with Gasteiger partial charge in [-0.2, -0.15) is 0 Å². The Morgan fingerprint density at radius 2 is 1.94 bits per heavy atom. The molecule has 2 atom stereocenters. The molecule has 0 aliphatic carbocycles. The largest absolute Gasteiger partial charge is 0.480 e. The van der Waals surface area contributed by atoms with Crippen LogP contribution in [0.25, 0.3) is 0 Å². The second kappa shape index (κ2) is 8.06. The molecule has 2 unspecified atom stereocenters. The summed E-state index contributed by atoms with van der Waals surface area (Å²) >= 11 is 0. The zero-order valence-electron chi connectivity index (χ0n) is 9.48. The first-order valence-electron chi connectivity index (χ1n) is 5.39. The van der Waals surface area contributed by atoms with E-state index >= 15 is 0 Å². The summed E-state index contributed by atoms with van der Waals surface area (Å²) in [7, 11) is 0. The van der Waals surface area contributed by atoms with Gasteiger partial charge < -0.3 is 21.3 Å². The number of carbonyl (C=O) groups excluding carboxylic acids is 1. The Kier molecular flexibility index (Phi) is 7.49. The molecular formula is C10H20N2O4. The number of carboxylic acids is 1. The molecule has 6 heteroatoms. The maximum atomic E-state index is 11.3. The van der Waals surface area contributed by atoms with E-state index in [2.05, 4.69) is 5.32 Å². The Morgan fingerprint density at radius 3 is 2.38 bits per heavy atom. The molecule has 0 rings (SSSR count). The first-order chi connectivity index (χ1) is 7.49. The summed E-state index contributed by atoms with van der Waals surface area (Å²) in [5.41, 5.74) is 5.29. The van der Waals surface area contributed by atoms with E-state index in [1.165, 1.54) is 6.92 Å². The number of aliphatic hydroxyl groups is 1. The fraction of sp³-hybridized carbons (Fsp3) is 0.800. The zero-order chi connectivity index (χ0) is 12.6. The van der Waals surface area contributed by atoms with Gasteiger partial charge in [0.05, 0.1) is 6.10 Å². The Balaban J connectivity index is 3.87. The van der Waals surface area contributed by atoms with Gasteiger partial charge in [0.1, 0.15) is 0 Å². The summed E-state index contributed by atoms with van der Waals surface area (Å²) in [5, 5.41) is 20.1. The Morgan fingerprint density at radius 1 is 1.31 bits per heavy atom. The second-order valence-corrected chi connectivity index (χ2v) is 3.72. The van der Waals surface area contributed by atoms with Gasteiger partial charge in [0.2, 0.25) is 5.91 Å². The van der Waals surface area contributed by atoms with Crippen LogP contribution >= 0.6 is 0 Å². The maximum Gasteiger partial charge on any atom is 0.328 e. The van der Waals surface area contributed by atoms with Crippen molar-refractivity contribution in [3.05, 3.63) is 0 Å². The van der Waals surface area contributed by atoms with E-state index in [4.69, 9.17) is 15.9 Å². The number of carbonyl (C=O) groups is 2. The number of aliphatic carboxylic acids is 1. The summed E-state index contributed by atoms with van der Waals surface area (Å²) in [5.74, 6) is -1.59. The van der Waals surface area contributed by atoms with Gasteiger partial charge in [0.15, 0.2) is 6.04 Å². The van der Waals surface area contributed by atoms with Crippen molar-refractivity contribution in [2.75, 3.05) is 6.54 Å². The highest BCUT2D eigenvalue weighted by atomic mass is 16.4. The van der Waals surface area contributed by atoms with Crippen LogP contribution in [0, 0.1) is 0 Å². The van der Waals surface area contributed by atoms with Gasteiger partial charge in [-0.1, -0.05) is 6.42 Å². The molecule has 0 spiro atoms. The maximum absolute atomic E-state index is 11.3. The molecule has 0 radical (unpaired) electrons. The van der Waals surface area contributed by atoms with Gasteiger partial charge in [-0.15, -0.1) is 0 Å². The second-order valence-electron chi connectivity index (χ2n) is 3.72. The monoisotopic (exact) mass is 232 g/mol. The number of rotatable bonds is 8. The van der Waals surface area contributed by atoms with E-state index in [-0.39, 0.29) is 12.3 Å². The molecular weight excluding hydrogens is 212 g/mol. The Hall–Kier alpha value is -1.14. The molecule has 0 aliphatic heterocycles. The van der Waals surface area contributed by atoms with Crippen LogP contribution in [0.4, 0.5) is 0 Å². The Bertz CT molecular complexity index is 231. The summed E-state index contributed by atoms with van der Waals surface area (Å²) in [6, 6.07) is -1.23. The number of amides is 1.